The summed E-state index contributed by atoms with van der Waals surface area (Å²) in [7, 11) is 0. The molecule has 0 aromatic heterocycles. The molecular formula is C14H29N3. The van der Waals surface area contributed by atoms with Gasteiger partial charge >= 0.3 is 0 Å². The molecule has 1 atom stereocenters. The fourth-order valence-electron chi connectivity index (χ4n) is 2.95. The van der Waals surface area contributed by atoms with Crippen LogP contribution in [0.25, 0.3) is 0 Å². The average Bonchev–Trinajstić information content (AvgIpc) is 2.30. The lowest BCUT2D eigenvalue weighted by Gasteiger charge is -2.41. The molecule has 0 aromatic rings. The highest BCUT2D eigenvalue weighted by molar-refractivity contribution is 4.83. The summed E-state index contributed by atoms with van der Waals surface area (Å²) in [6, 6.07) is 0.726. The zero-order valence-electron chi connectivity index (χ0n) is 11.8. The number of nitrogens with one attached hydrogen (secondary N) is 1. The number of nitrogens with zero attached hydrogens (tertiary/aromatic N) is 2. The van der Waals surface area contributed by atoms with E-state index >= 15 is 0 Å². The van der Waals surface area contributed by atoms with Crippen molar-refractivity contribution in [2.45, 2.75) is 39.7 Å². The Labute approximate surface area is 107 Å². The van der Waals surface area contributed by atoms with Crippen LogP contribution in [0.1, 0.15) is 33.6 Å². The predicted octanol–water partition coefficient (Wildman–Crippen LogP) is 1.40. The van der Waals surface area contributed by atoms with Crippen LogP contribution in [0.4, 0.5) is 0 Å². The van der Waals surface area contributed by atoms with Gasteiger partial charge in [-0.05, 0) is 38.3 Å². The number of piperazine rings is 1. The summed E-state index contributed by atoms with van der Waals surface area (Å²) in [5.41, 5.74) is 0.575. The zero-order valence-corrected chi connectivity index (χ0v) is 11.8. The van der Waals surface area contributed by atoms with Gasteiger partial charge in [-0.3, -0.25) is 9.80 Å². The van der Waals surface area contributed by atoms with Gasteiger partial charge in [0, 0.05) is 38.8 Å². The van der Waals surface area contributed by atoms with E-state index < -0.39 is 0 Å². The van der Waals surface area contributed by atoms with Gasteiger partial charge in [-0.15, -0.1) is 0 Å². The molecule has 17 heavy (non-hydrogen) atoms. The normalized spacial score (nSPS) is 29.1. The minimum absolute atomic E-state index is 0.575. The largest absolute Gasteiger partial charge is 0.314 e. The molecule has 100 valence electrons. The van der Waals surface area contributed by atoms with Crippen LogP contribution in [0.2, 0.25) is 0 Å². The molecule has 0 amide bonds. The van der Waals surface area contributed by atoms with E-state index in [1.54, 1.807) is 0 Å². The maximum absolute atomic E-state index is 3.42. The number of hydrogen-bond donors (Lipinski definition) is 1. The Hall–Kier alpha value is -0.120. The van der Waals surface area contributed by atoms with Crippen molar-refractivity contribution < 1.29 is 0 Å². The summed E-state index contributed by atoms with van der Waals surface area (Å²) in [4.78, 5) is 5.30. The standard InChI is InChI=1S/C14H29N3/c1-13(12-16-10-6-15-7-11-16)17-8-4-14(2,3)5-9-17/h13,15H,4-12H2,1-3H3. The Bertz CT molecular complexity index is 224. The number of piperidine rings is 1. The van der Waals surface area contributed by atoms with E-state index in [2.05, 4.69) is 35.9 Å². The smallest absolute Gasteiger partial charge is 0.0194 e. The summed E-state index contributed by atoms with van der Waals surface area (Å²) in [5, 5.41) is 3.42. The van der Waals surface area contributed by atoms with Crippen LogP contribution in [0.5, 0.6) is 0 Å². The zero-order chi connectivity index (χ0) is 12.3. The van der Waals surface area contributed by atoms with Gasteiger partial charge in [-0.25, -0.2) is 0 Å². The molecule has 2 saturated heterocycles. The van der Waals surface area contributed by atoms with Gasteiger partial charge in [0.1, 0.15) is 0 Å². The Morgan fingerprint density at radius 1 is 1.06 bits per heavy atom. The molecule has 0 bridgehead atoms. The van der Waals surface area contributed by atoms with Crippen LogP contribution in [-0.4, -0.2) is 61.7 Å². The molecule has 0 aliphatic carbocycles. The molecule has 1 unspecified atom stereocenters. The molecule has 2 heterocycles. The van der Waals surface area contributed by atoms with Crippen LogP contribution >= 0.6 is 0 Å². The van der Waals surface area contributed by atoms with Crippen LogP contribution in [-0.2, 0) is 0 Å². The van der Waals surface area contributed by atoms with E-state index in [0.717, 1.165) is 6.04 Å². The van der Waals surface area contributed by atoms with E-state index in [4.69, 9.17) is 0 Å². The maximum Gasteiger partial charge on any atom is 0.0194 e. The quantitative estimate of drug-likeness (QED) is 0.803. The first kappa shape index (κ1) is 13.3. The van der Waals surface area contributed by atoms with Crippen molar-refractivity contribution in [2.24, 2.45) is 5.41 Å². The lowest BCUT2D eigenvalue weighted by molar-refractivity contribution is 0.0768. The molecular weight excluding hydrogens is 210 g/mol. The maximum atomic E-state index is 3.42. The average molecular weight is 239 g/mol. The predicted molar refractivity (Wildman–Crippen MR) is 73.4 cm³/mol. The van der Waals surface area contributed by atoms with Crippen molar-refractivity contribution in [2.75, 3.05) is 45.8 Å². The van der Waals surface area contributed by atoms with E-state index in [1.165, 1.54) is 58.7 Å². The van der Waals surface area contributed by atoms with Crippen LogP contribution < -0.4 is 5.32 Å². The molecule has 2 aliphatic heterocycles. The van der Waals surface area contributed by atoms with Gasteiger partial charge in [0.2, 0.25) is 0 Å². The molecule has 0 aromatic carbocycles. The van der Waals surface area contributed by atoms with Gasteiger partial charge in [0.05, 0.1) is 0 Å². The highest BCUT2D eigenvalue weighted by Crippen LogP contribution is 2.30. The molecule has 0 saturated carbocycles. The minimum Gasteiger partial charge on any atom is -0.314 e. The third kappa shape index (κ3) is 3.94. The minimum atomic E-state index is 0.575. The van der Waals surface area contributed by atoms with Gasteiger partial charge < -0.3 is 5.32 Å². The third-order valence-corrected chi connectivity index (χ3v) is 4.51. The number of rotatable bonds is 3. The molecule has 2 fully saturated rings. The van der Waals surface area contributed by atoms with Gasteiger partial charge in [0.25, 0.3) is 0 Å². The van der Waals surface area contributed by atoms with Gasteiger partial charge in [0.15, 0.2) is 0 Å². The Morgan fingerprint density at radius 3 is 2.24 bits per heavy atom. The second kappa shape index (κ2) is 5.68. The van der Waals surface area contributed by atoms with Crippen molar-refractivity contribution in [3.05, 3.63) is 0 Å². The van der Waals surface area contributed by atoms with Crippen molar-refractivity contribution in [1.82, 2.24) is 15.1 Å². The molecule has 2 rings (SSSR count). The van der Waals surface area contributed by atoms with Crippen LogP contribution in [0, 0.1) is 5.41 Å². The Balaban J connectivity index is 1.74. The van der Waals surface area contributed by atoms with Crippen molar-refractivity contribution >= 4 is 0 Å². The first-order valence-corrected chi connectivity index (χ1v) is 7.24. The highest BCUT2D eigenvalue weighted by atomic mass is 15.2. The summed E-state index contributed by atoms with van der Waals surface area (Å²) < 4.78 is 0. The highest BCUT2D eigenvalue weighted by Gasteiger charge is 2.28. The molecule has 1 N–H and O–H groups in total. The van der Waals surface area contributed by atoms with Crippen molar-refractivity contribution in [3.8, 4) is 0 Å². The molecule has 2 aliphatic rings. The number of likely N-dealkylation sites (tertiary alicyclic amines) is 1. The number of hydrogen-bond acceptors (Lipinski definition) is 3. The Morgan fingerprint density at radius 2 is 1.65 bits per heavy atom. The van der Waals surface area contributed by atoms with Crippen LogP contribution in [0.15, 0.2) is 0 Å². The topological polar surface area (TPSA) is 18.5 Å². The van der Waals surface area contributed by atoms with E-state index in [0.29, 0.717) is 5.41 Å². The molecule has 3 nitrogen and oxygen atoms in total. The van der Waals surface area contributed by atoms with Gasteiger partial charge in [-0.1, -0.05) is 13.8 Å². The molecule has 0 radical (unpaired) electrons. The summed E-state index contributed by atoms with van der Waals surface area (Å²) in [6.45, 7) is 15.8. The lowest BCUT2D eigenvalue weighted by atomic mass is 9.82. The van der Waals surface area contributed by atoms with E-state index in [1.807, 2.05) is 0 Å². The van der Waals surface area contributed by atoms with Crippen molar-refractivity contribution in [1.29, 1.82) is 0 Å². The Kier molecular flexibility index (Phi) is 4.45. The molecule has 0 spiro atoms. The van der Waals surface area contributed by atoms with E-state index in [-0.39, 0.29) is 0 Å². The fourth-order valence-corrected chi connectivity index (χ4v) is 2.95. The van der Waals surface area contributed by atoms with Crippen LogP contribution in [0.3, 0.4) is 0 Å². The summed E-state index contributed by atoms with van der Waals surface area (Å²) in [5.74, 6) is 0. The monoisotopic (exact) mass is 239 g/mol. The summed E-state index contributed by atoms with van der Waals surface area (Å²) >= 11 is 0. The second-order valence-electron chi connectivity index (χ2n) is 6.60. The third-order valence-electron chi connectivity index (χ3n) is 4.51. The van der Waals surface area contributed by atoms with Crippen molar-refractivity contribution in [3.63, 3.8) is 0 Å². The first-order valence-electron chi connectivity index (χ1n) is 7.24. The van der Waals surface area contributed by atoms with Gasteiger partial charge in [-0.2, -0.15) is 0 Å². The summed E-state index contributed by atoms with van der Waals surface area (Å²) in [6.07, 6.45) is 2.72. The first-order chi connectivity index (χ1) is 8.07. The SMILES string of the molecule is CC(CN1CCNCC1)N1CCC(C)(C)CC1. The molecule has 3 heteroatoms. The second-order valence-corrected chi connectivity index (χ2v) is 6.60. The van der Waals surface area contributed by atoms with E-state index in [9.17, 15) is 0 Å². The lowest BCUT2D eigenvalue weighted by Crippen LogP contribution is -2.51. The fraction of sp³-hybridized carbons (Fsp3) is 1.00.